The van der Waals surface area contributed by atoms with E-state index in [9.17, 15) is 14.4 Å². The number of alkyl carbamates (subject to hydrolysis) is 1. The van der Waals surface area contributed by atoms with Crippen LogP contribution < -0.4 is 16.0 Å². The van der Waals surface area contributed by atoms with Crippen molar-refractivity contribution in [2.45, 2.75) is 45.6 Å². The number of anilines is 2. The fourth-order valence-electron chi connectivity index (χ4n) is 2.59. The molecule has 8 heteroatoms. The first-order valence-corrected chi connectivity index (χ1v) is 9.66. The van der Waals surface area contributed by atoms with E-state index in [4.69, 9.17) is 9.47 Å². The Morgan fingerprint density at radius 3 is 2.21 bits per heavy atom. The van der Waals surface area contributed by atoms with Crippen LogP contribution in [-0.2, 0) is 19.1 Å². The second-order valence-corrected chi connectivity index (χ2v) is 7.71. The summed E-state index contributed by atoms with van der Waals surface area (Å²) in [5, 5.41) is 8.08. The van der Waals surface area contributed by atoms with Gasteiger partial charge in [0.15, 0.2) is 0 Å². The smallest absolute Gasteiger partial charge is 0.407 e. The Balaban J connectivity index is 1.73. The van der Waals surface area contributed by atoms with Crippen molar-refractivity contribution >= 4 is 29.3 Å². The number of carbonyl (C=O) groups is 3. The molecule has 1 saturated heterocycles. The molecule has 1 aromatic rings. The van der Waals surface area contributed by atoms with Crippen molar-refractivity contribution < 1.29 is 23.9 Å². The van der Waals surface area contributed by atoms with Crippen molar-refractivity contribution in [1.29, 1.82) is 0 Å². The van der Waals surface area contributed by atoms with Gasteiger partial charge in [-0.1, -0.05) is 5.57 Å². The quantitative estimate of drug-likeness (QED) is 0.633. The zero-order chi connectivity index (χ0) is 21.3. The molecule has 1 aliphatic heterocycles. The normalized spacial score (nSPS) is 14.0. The summed E-state index contributed by atoms with van der Waals surface area (Å²) in [6.45, 7) is 6.80. The van der Waals surface area contributed by atoms with Crippen LogP contribution in [0.3, 0.4) is 0 Å². The second-order valence-electron chi connectivity index (χ2n) is 7.71. The van der Waals surface area contributed by atoms with Gasteiger partial charge >= 0.3 is 6.09 Å². The molecular weight excluding hydrogens is 374 g/mol. The summed E-state index contributed by atoms with van der Waals surface area (Å²) in [4.78, 5) is 35.6. The molecule has 1 aromatic carbocycles. The molecule has 2 rings (SSSR count). The van der Waals surface area contributed by atoms with E-state index in [1.54, 1.807) is 51.1 Å². The number of ether oxygens (including phenoxy) is 2. The summed E-state index contributed by atoms with van der Waals surface area (Å²) in [5.74, 6) is -0.408. The number of benzene rings is 1. The van der Waals surface area contributed by atoms with E-state index in [0.29, 0.717) is 24.6 Å². The van der Waals surface area contributed by atoms with E-state index in [0.717, 1.165) is 18.4 Å². The molecular formula is C21H29N3O5. The highest BCUT2D eigenvalue weighted by atomic mass is 16.6. The molecule has 0 aromatic heterocycles. The largest absolute Gasteiger partial charge is 0.444 e. The lowest BCUT2D eigenvalue weighted by atomic mass is 10.1. The predicted octanol–water partition coefficient (Wildman–Crippen LogP) is 3.22. The molecule has 29 heavy (non-hydrogen) atoms. The number of carbonyl (C=O) groups excluding carboxylic acids is 3. The van der Waals surface area contributed by atoms with Crippen LogP contribution in [0.4, 0.5) is 16.2 Å². The van der Waals surface area contributed by atoms with Gasteiger partial charge in [-0.2, -0.15) is 0 Å². The third-order valence-electron chi connectivity index (χ3n) is 3.93. The molecule has 1 aliphatic rings. The predicted molar refractivity (Wildman–Crippen MR) is 111 cm³/mol. The van der Waals surface area contributed by atoms with Crippen LogP contribution in [0, 0.1) is 0 Å². The van der Waals surface area contributed by atoms with Gasteiger partial charge in [0.25, 0.3) is 0 Å². The lowest BCUT2D eigenvalue weighted by molar-refractivity contribution is -0.116. The summed E-state index contributed by atoms with van der Waals surface area (Å²) >= 11 is 0. The monoisotopic (exact) mass is 403 g/mol. The second kappa shape index (κ2) is 10.6. The zero-order valence-electron chi connectivity index (χ0n) is 17.2. The topological polar surface area (TPSA) is 106 Å². The van der Waals surface area contributed by atoms with E-state index >= 15 is 0 Å². The molecule has 158 valence electrons. The summed E-state index contributed by atoms with van der Waals surface area (Å²) < 4.78 is 10.4. The fourth-order valence-corrected chi connectivity index (χ4v) is 2.59. The fraction of sp³-hybridized carbons (Fsp3) is 0.476. The Labute approximate surface area is 171 Å². The van der Waals surface area contributed by atoms with Gasteiger partial charge in [0, 0.05) is 30.4 Å². The van der Waals surface area contributed by atoms with Gasteiger partial charge in [-0.25, -0.2) is 4.79 Å². The summed E-state index contributed by atoms with van der Waals surface area (Å²) in [6, 6.07) is 6.84. The molecule has 0 spiro atoms. The van der Waals surface area contributed by atoms with E-state index in [1.807, 2.05) is 0 Å². The number of hydrogen-bond acceptors (Lipinski definition) is 5. The first-order valence-electron chi connectivity index (χ1n) is 9.66. The summed E-state index contributed by atoms with van der Waals surface area (Å²) in [5.41, 5.74) is 1.75. The highest BCUT2D eigenvalue weighted by Crippen LogP contribution is 2.16. The van der Waals surface area contributed by atoms with Crippen molar-refractivity contribution in [2.75, 3.05) is 30.4 Å². The zero-order valence-corrected chi connectivity index (χ0v) is 17.2. The minimum atomic E-state index is -0.579. The van der Waals surface area contributed by atoms with Gasteiger partial charge in [-0.05, 0) is 57.9 Å². The number of amides is 3. The SMILES string of the molecule is CC(C)(C)OC(=O)NCCC(=O)Nc1ccc(NC(=O)C=C2CCOCC2)cc1. The standard InChI is InChI=1S/C21H29N3O5/c1-21(2,3)29-20(27)22-11-8-18(25)23-16-4-6-17(7-5-16)24-19(26)14-15-9-12-28-13-10-15/h4-7,14H,8-13H2,1-3H3,(H,22,27)(H,23,25)(H,24,26). The molecule has 1 fully saturated rings. The number of hydrogen-bond donors (Lipinski definition) is 3. The van der Waals surface area contributed by atoms with Crippen molar-refractivity contribution in [1.82, 2.24) is 5.32 Å². The number of nitrogens with one attached hydrogen (secondary N) is 3. The molecule has 0 bridgehead atoms. The van der Waals surface area contributed by atoms with Crippen LogP contribution in [-0.4, -0.2) is 43.3 Å². The molecule has 3 amide bonds. The van der Waals surface area contributed by atoms with Crippen molar-refractivity contribution in [3.63, 3.8) is 0 Å². The van der Waals surface area contributed by atoms with E-state index < -0.39 is 11.7 Å². The van der Waals surface area contributed by atoms with Crippen LogP contribution >= 0.6 is 0 Å². The highest BCUT2D eigenvalue weighted by Gasteiger charge is 2.16. The summed E-state index contributed by atoms with van der Waals surface area (Å²) in [6.07, 6.45) is 2.74. The first kappa shape index (κ1) is 22.4. The lowest BCUT2D eigenvalue weighted by Crippen LogP contribution is -2.34. The average molecular weight is 403 g/mol. The van der Waals surface area contributed by atoms with Gasteiger partial charge in [0.2, 0.25) is 11.8 Å². The Bertz CT molecular complexity index is 743. The minimum absolute atomic E-state index is 0.120. The Kier molecular flexibility index (Phi) is 8.21. The van der Waals surface area contributed by atoms with Crippen LogP contribution in [0.1, 0.15) is 40.0 Å². The van der Waals surface area contributed by atoms with E-state index in [-0.39, 0.29) is 24.8 Å². The van der Waals surface area contributed by atoms with Crippen molar-refractivity contribution in [3.8, 4) is 0 Å². The maximum absolute atomic E-state index is 12.1. The molecule has 8 nitrogen and oxygen atoms in total. The average Bonchev–Trinajstić information content (AvgIpc) is 2.62. The Morgan fingerprint density at radius 2 is 1.62 bits per heavy atom. The van der Waals surface area contributed by atoms with Gasteiger partial charge in [0.05, 0.1) is 13.2 Å². The van der Waals surface area contributed by atoms with Gasteiger partial charge in [0.1, 0.15) is 5.60 Å². The van der Waals surface area contributed by atoms with Crippen LogP contribution in [0.25, 0.3) is 0 Å². The van der Waals surface area contributed by atoms with Crippen LogP contribution in [0.2, 0.25) is 0 Å². The molecule has 0 unspecified atom stereocenters. The maximum atomic E-state index is 12.1. The van der Waals surface area contributed by atoms with Gasteiger partial charge < -0.3 is 25.4 Å². The molecule has 0 radical (unpaired) electrons. The Morgan fingerprint density at radius 1 is 1.03 bits per heavy atom. The number of rotatable bonds is 6. The molecule has 0 aliphatic carbocycles. The maximum Gasteiger partial charge on any atom is 0.407 e. The van der Waals surface area contributed by atoms with E-state index in [2.05, 4.69) is 16.0 Å². The molecule has 1 heterocycles. The Hall–Kier alpha value is -2.87. The van der Waals surface area contributed by atoms with E-state index in [1.165, 1.54) is 0 Å². The summed E-state index contributed by atoms with van der Waals surface area (Å²) in [7, 11) is 0. The lowest BCUT2D eigenvalue weighted by Gasteiger charge is -2.19. The van der Waals surface area contributed by atoms with Crippen LogP contribution in [0.5, 0.6) is 0 Å². The highest BCUT2D eigenvalue weighted by molar-refractivity contribution is 6.00. The molecule has 3 N–H and O–H groups in total. The third-order valence-corrected chi connectivity index (χ3v) is 3.93. The van der Waals surface area contributed by atoms with Gasteiger partial charge in [-0.3, -0.25) is 9.59 Å². The van der Waals surface area contributed by atoms with Crippen molar-refractivity contribution in [2.24, 2.45) is 0 Å². The third kappa shape index (κ3) is 9.25. The van der Waals surface area contributed by atoms with Gasteiger partial charge in [-0.15, -0.1) is 0 Å². The molecule has 0 saturated carbocycles. The minimum Gasteiger partial charge on any atom is -0.444 e. The molecule has 0 atom stereocenters. The van der Waals surface area contributed by atoms with Crippen LogP contribution in [0.15, 0.2) is 35.9 Å². The first-order chi connectivity index (χ1) is 13.7. The van der Waals surface area contributed by atoms with Crippen molar-refractivity contribution in [3.05, 3.63) is 35.9 Å².